The van der Waals surface area contributed by atoms with Gasteiger partial charge < -0.3 is 14.6 Å². The Morgan fingerprint density at radius 2 is 1.88 bits per heavy atom. The maximum absolute atomic E-state index is 12.5. The molecule has 0 aliphatic heterocycles. The number of hydrogen-bond acceptors (Lipinski definition) is 4. The van der Waals surface area contributed by atoms with E-state index in [1.807, 2.05) is 27.1 Å². The molecule has 26 heavy (non-hydrogen) atoms. The van der Waals surface area contributed by atoms with Crippen LogP contribution in [-0.4, -0.2) is 52.9 Å². The fourth-order valence-electron chi connectivity index (χ4n) is 2.53. The summed E-state index contributed by atoms with van der Waals surface area (Å²) in [5.41, 5.74) is 0.972. The van der Waals surface area contributed by atoms with Crippen molar-refractivity contribution in [1.82, 2.24) is 9.62 Å². The highest BCUT2D eigenvalue weighted by Gasteiger charge is 2.25. The van der Waals surface area contributed by atoms with Crippen LogP contribution in [0.4, 0.5) is 0 Å². The molecule has 1 aromatic carbocycles. The van der Waals surface area contributed by atoms with E-state index in [1.165, 1.54) is 7.05 Å². The molecule has 8 heteroatoms. The van der Waals surface area contributed by atoms with Crippen LogP contribution in [0.2, 0.25) is 0 Å². The number of likely N-dealkylation sites (N-methyl/N-ethyl adjacent to an activating group) is 2. The molecule has 1 atom stereocenters. The van der Waals surface area contributed by atoms with Crippen molar-refractivity contribution >= 4 is 15.9 Å². The Balaban J connectivity index is 1.97. The molecule has 2 N–H and O–H groups in total. The van der Waals surface area contributed by atoms with Crippen LogP contribution < -0.4 is 10.2 Å². The van der Waals surface area contributed by atoms with Crippen molar-refractivity contribution in [2.45, 2.75) is 17.9 Å². The minimum Gasteiger partial charge on any atom is -0.463 e. The molecule has 1 amide bonds. The van der Waals surface area contributed by atoms with E-state index in [9.17, 15) is 13.2 Å². The van der Waals surface area contributed by atoms with Gasteiger partial charge in [-0.15, -0.1) is 0 Å². The lowest BCUT2D eigenvalue weighted by Gasteiger charge is -2.21. The lowest BCUT2D eigenvalue weighted by molar-refractivity contribution is -0.891. The van der Waals surface area contributed by atoms with E-state index < -0.39 is 10.0 Å². The zero-order valence-electron chi connectivity index (χ0n) is 15.5. The third-order valence-electron chi connectivity index (χ3n) is 4.18. The zero-order chi connectivity index (χ0) is 19.3. The summed E-state index contributed by atoms with van der Waals surface area (Å²) in [5.74, 6) is 0.409. The fourth-order valence-corrected chi connectivity index (χ4v) is 3.66. The van der Waals surface area contributed by atoms with Gasteiger partial charge in [0.15, 0.2) is 11.8 Å². The number of quaternary nitrogens is 1. The molecule has 0 saturated carbocycles. The number of carbonyl (C=O) groups excluding carboxylic acids is 1. The molecule has 2 aromatic rings. The molecule has 1 heterocycles. The lowest BCUT2D eigenvalue weighted by atomic mass is 10.2. The van der Waals surface area contributed by atoms with Crippen molar-refractivity contribution in [3.8, 4) is 0 Å². The van der Waals surface area contributed by atoms with Crippen molar-refractivity contribution in [3.63, 3.8) is 0 Å². The number of nitrogens with one attached hydrogen (secondary N) is 2. The van der Waals surface area contributed by atoms with Crippen LogP contribution in [0.1, 0.15) is 17.4 Å². The van der Waals surface area contributed by atoms with Crippen LogP contribution in [0.25, 0.3) is 0 Å². The van der Waals surface area contributed by atoms with Crippen molar-refractivity contribution in [2.24, 2.45) is 0 Å². The third-order valence-corrected chi connectivity index (χ3v) is 6.00. The van der Waals surface area contributed by atoms with Crippen molar-refractivity contribution < 1.29 is 22.5 Å². The van der Waals surface area contributed by atoms with Crippen molar-refractivity contribution in [3.05, 3.63) is 54.0 Å². The molecule has 7 nitrogen and oxygen atoms in total. The first-order valence-corrected chi connectivity index (χ1v) is 9.79. The van der Waals surface area contributed by atoms with Crippen LogP contribution in [0.3, 0.4) is 0 Å². The Kier molecular flexibility index (Phi) is 6.57. The predicted molar refractivity (Wildman–Crippen MR) is 98.3 cm³/mol. The first-order chi connectivity index (χ1) is 12.2. The molecule has 0 saturated heterocycles. The molecule has 0 bridgehead atoms. The SMILES string of the molecule is Cc1ccc(S(=O)(=O)N(C)CC(=O)NC[C@@H](c2ccco2)[NH+](C)C)cc1. The summed E-state index contributed by atoms with van der Waals surface area (Å²) < 4.78 is 31.5. The second kappa shape index (κ2) is 8.48. The van der Waals surface area contributed by atoms with Crippen LogP contribution >= 0.6 is 0 Å². The Labute approximate surface area is 154 Å². The second-order valence-electron chi connectivity index (χ2n) is 6.52. The van der Waals surface area contributed by atoms with Gasteiger partial charge >= 0.3 is 0 Å². The number of benzene rings is 1. The summed E-state index contributed by atoms with van der Waals surface area (Å²) in [7, 11) is 1.63. The van der Waals surface area contributed by atoms with Crippen molar-refractivity contribution in [1.29, 1.82) is 0 Å². The fraction of sp³-hybridized carbons (Fsp3) is 0.389. The maximum Gasteiger partial charge on any atom is 0.243 e. The summed E-state index contributed by atoms with van der Waals surface area (Å²) >= 11 is 0. The molecule has 142 valence electrons. The molecule has 0 spiro atoms. The Bertz CT molecular complexity index is 815. The molecule has 0 aliphatic rings. The molecule has 0 fully saturated rings. The van der Waals surface area contributed by atoms with Gasteiger partial charge in [-0.25, -0.2) is 8.42 Å². The minimum atomic E-state index is -3.70. The van der Waals surface area contributed by atoms with E-state index in [0.29, 0.717) is 6.54 Å². The molecule has 1 aromatic heterocycles. The monoisotopic (exact) mass is 380 g/mol. The van der Waals surface area contributed by atoms with E-state index in [4.69, 9.17) is 4.42 Å². The Morgan fingerprint density at radius 3 is 2.42 bits per heavy atom. The number of carbonyl (C=O) groups is 1. The van der Waals surface area contributed by atoms with Gasteiger partial charge in [-0.3, -0.25) is 4.79 Å². The predicted octanol–water partition coefficient (Wildman–Crippen LogP) is 0.211. The Hall–Kier alpha value is -2.16. The lowest BCUT2D eigenvalue weighted by Crippen LogP contribution is -3.07. The number of rotatable bonds is 8. The van der Waals surface area contributed by atoms with Crippen LogP contribution in [0.15, 0.2) is 52.0 Å². The topological polar surface area (TPSA) is 84.1 Å². The highest BCUT2D eigenvalue weighted by molar-refractivity contribution is 7.89. The standard InChI is InChI=1S/C18H25N3O4S/c1-14-7-9-15(10-8-14)26(23,24)21(4)13-18(22)19-12-16(20(2)3)17-6-5-11-25-17/h5-11,16H,12-13H2,1-4H3,(H,19,22)/p+1/t16-/m0/s1. The minimum absolute atomic E-state index is 0.0482. The number of furan rings is 1. The largest absolute Gasteiger partial charge is 0.463 e. The highest BCUT2D eigenvalue weighted by Crippen LogP contribution is 2.14. The average molecular weight is 380 g/mol. The number of nitrogens with zero attached hydrogens (tertiary/aromatic N) is 1. The van der Waals surface area contributed by atoms with Crippen molar-refractivity contribution in [2.75, 3.05) is 34.2 Å². The van der Waals surface area contributed by atoms with Gasteiger partial charge in [-0.2, -0.15) is 4.31 Å². The highest BCUT2D eigenvalue weighted by atomic mass is 32.2. The van der Waals surface area contributed by atoms with E-state index >= 15 is 0 Å². The second-order valence-corrected chi connectivity index (χ2v) is 8.57. The van der Waals surface area contributed by atoms with E-state index in [2.05, 4.69) is 5.32 Å². The number of hydrogen-bond donors (Lipinski definition) is 2. The third kappa shape index (κ3) is 4.94. The zero-order valence-corrected chi connectivity index (χ0v) is 16.3. The number of sulfonamides is 1. The normalized spacial score (nSPS) is 13.2. The van der Waals surface area contributed by atoms with Gasteiger partial charge in [0.25, 0.3) is 0 Å². The molecular weight excluding hydrogens is 354 g/mol. The summed E-state index contributed by atoms with van der Waals surface area (Å²) in [6, 6.07) is 10.2. The Morgan fingerprint density at radius 1 is 1.23 bits per heavy atom. The summed E-state index contributed by atoms with van der Waals surface area (Å²) in [5, 5.41) is 2.79. The molecular formula is C18H26N3O4S+. The van der Waals surface area contributed by atoms with Crippen LogP contribution in [0.5, 0.6) is 0 Å². The van der Waals surface area contributed by atoms with Gasteiger partial charge in [0.1, 0.15) is 0 Å². The molecule has 0 unspecified atom stereocenters. The summed E-state index contributed by atoms with van der Waals surface area (Å²) in [6.45, 7) is 1.99. The van der Waals surface area contributed by atoms with E-state index in [1.54, 1.807) is 36.6 Å². The van der Waals surface area contributed by atoms with E-state index in [-0.39, 0.29) is 23.4 Å². The number of amides is 1. The molecule has 0 aliphatic carbocycles. The summed E-state index contributed by atoms with van der Waals surface area (Å²) in [6.07, 6.45) is 1.59. The maximum atomic E-state index is 12.5. The smallest absolute Gasteiger partial charge is 0.243 e. The summed E-state index contributed by atoms with van der Waals surface area (Å²) in [4.78, 5) is 13.5. The van der Waals surface area contributed by atoms with Crippen LogP contribution in [-0.2, 0) is 14.8 Å². The van der Waals surface area contributed by atoms with Gasteiger partial charge in [0.2, 0.25) is 15.9 Å². The van der Waals surface area contributed by atoms with Gasteiger partial charge in [0, 0.05) is 7.05 Å². The molecule has 2 rings (SSSR count). The average Bonchev–Trinajstić information content (AvgIpc) is 3.09. The van der Waals surface area contributed by atoms with Gasteiger partial charge in [-0.05, 0) is 31.2 Å². The first kappa shape index (κ1) is 20.2. The number of aryl methyl sites for hydroxylation is 1. The quantitative estimate of drug-likeness (QED) is 0.686. The first-order valence-electron chi connectivity index (χ1n) is 8.35. The molecule has 0 radical (unpaired) electrons. The van der Waals surface area contributed by atoms with E-state index in [0.717, 1.165) is 20.5 Å². The van der Waals surface area contributed by atoms with Gasteiger partial charge in [0.05, 0.1) is 38.3 Å². The van der Waals surface area contributed by atoms with Gasteiger partial charge in [-0.1, -0.05) is 17.7 Å². The van der Waals surface area contributed by atoms with Crippen LogP contribution in [0, 0.1) is 6.92 Å².